The van der Waals surface area contributed by atoms with Gasteiger partial charge in [-0.1, -0.05) is 0 Å². The molecule has 0 radical (unpaired) electrons. The predicted molar refractivity (Wildman–Crippen MR) is 81.0 cm³/mol. The van der Waals surface area contributed by atoms with Gasteiger partial charge < -0.3 is 9.47 Å². The number of methoxy groups -OCH3 is 2. The van der Waals surface area contributed by atoms with E-state index in [2.05, 4.69) is 10.2 Å². The van der Waals surface area contributed by atoms with Crippen LogP contribution in [-0.4, -0.2) is 24.4 Å². The van der Waals surface area contributed by atoms with Crippen LogP contribution in [0.3, 0.4) is 0 Å². The van der Waals surface area contributed by atoms with Gasteiger partial charge in [0.05, 0.1) is 19.9 Å². The Morgan fingerprint density at radius 2 is 1.80 bits per heavy atom. The molecule has 0 unspecified atom stereocenters. The van der Waals surface area contributed by atoms with E-state index in [1.54, 1.807) is 14.2 Å². The van der Waals surface area contributed by atoms with Crippen LogP contribution in [0.5, 0.6) is 11.5 Å². The summed E-state index contributed by atoms with van der Waals surface area (Å²) in [4.78, 5) is 0. The monoisotopic (exact) mass is 294 g/mol. The normalized spacial score (nSPS) is 13.3. The molecule has 0 fully saturated rings. The Balaban J connectivity index is 0.00000147. The Morgan fingerprint density at radius 3 is 2.55 bits per heavy atom. The van der Waals surface area contributed by atoms with Gasteiger partial charge in [-0.25, -0.2) is 0 Å². The summed E-state index contributed by atoms with van der Waals surface area (Å²) in [5, 5.41) is 7.65. The molecule has 1 aromatic carbocycles. The Labute approximate surface area is 124 Å². The highest BCUT2D eigenvalue weighted by Crippen LogP contribution is 2.35. The van der Waals surface area contributed by atoms with Crippen LogP contribution in [0.1, 0.15) is 24.1 Å². The van der Waals surface area contributed by atoms with Crippen LogP contribution in [0, 0.1) is 0 Å². The van der Waals surface area contributed by atoms with E-state index in [-0.39, 0.29) is 12.4 Å². The van der Waals surface area contributed by atoms with E-state index in [0.29, 0.717) is 0 Å². The average molecular weight is 295 g/mol. The molecule has 0 bridgehead atoms. The van der Waals surface area contributed by atoms with Crippen molar-refractivity contribution in [3.63, 3.8) is 0 Å². The molecule has 3 rings (SSSR count). The van der Waals surface area contributed by atoms with Crippen LogP contribution in [-0.2, 0) is 12.8 Å². The van der Waals surface area contributed by atoms with Gasteiger partial charge in [-0.05, 0) is 43.9 Å². The molecule has 0 atom stereocenters. The number of rotatable bonds is 3. The number of aromatic nitrogens is 2. The fourth-order valence-corrected chi connectivity index (χ4v) is 2.70. The van der Waals surface area contributed by atoms with Gasteiger partial charge in [0.25, 0.3) is 0 Å². The van der Waals surface area contributed by atoms with E-state index in [4.69, 9.17) is 9.47 Å². The fourth-order valence-electron chi connectivity index (χ4n) is 2.70. The van der Waals surface area contributed by atoms with Gasteiger partial charge in [-0.2, -0.15) is 5.10 Å². The molecule has 0 aliphatic heterocycles. The summed E-state index contributed by atoms with van der Waals surface area (Å²) in [6.45, 7) is 0. The summed E-state index contributed by atoms with van der Waals surface area (Å²) < 4.78 is 10.6. The smallest absolute Gasteiger partial charge is 0.161 e. The molecule has 1 aliphatic rings. The molecule has 0 amide bonds. The average Bonchev–Trinajstić information content (AvgIpc) is 2.90. The highest BCUT2D eigenvalue weighted by atomic mass is 35.5. The van der Waals surface area contributed by atoms with Crippen LogP contribution in [0.2, 0.25) is 0 Å². The van der Waals surface area contributed by atoms with Gasteiger partial charge in [0, 0.05) is 16.8 Å². The van der Waals surface area contributed by atoms with E-state index in [1.165, 1.54) is 24.1 Å². The molecule has 20 heavy (non-hydrogen) atoms. The highest BCUT2D eigenvalue weighted by Gasteiger charge is 2.18. The van der Waals surface area contributed by atoms with Gasteiger partial charge in [0.15, 0.2) is 11.5 Å². The second-order valence-electron chi connectivity index (χ2n) is 4.81. The third-order valence-corrected chi connectivity index (χ3v) is 3.71. The maximum Gasteiger partial charge on any atom is 0.161 e. The van der Waals surface area contributed by atoms with Crippen LogP contribution in [0.15, 0.2) is 18.2 Å². The minimum Gasteiger partial charge on any atom is -0.493 e. The summed E-state index contributed by atoms with van der Waals surface area (Å²) in [7, 11) is 3.30. The largest absolute Gasteiger partial charge is 0.493 e. The van der Waals surface area contributed by atoms with Gasteiger partial charge in [0.1, 0.15) is 0 Å². The van der Waals surface area contributed by atoms with Crippen molar-refractivity contribution in [2.45, 2.75) is 25.7 Å². The molecule has 0 saturated carbocycles. The molecule has 0 saturated heterocycles. The number of benzene rings is 1. The summed E-state index contributed by atoms with van der Waals surface area (Å²) >= 11 is 0. The minimum atomic E-state index is 0. The van der Waals surface area contributed by atoms with Crippen LogP contribution >= 0.6 is 12.4 Å². The summed E-state index contributed by atoms with van der Waals surface area (Å²) in [6, 6.07) is 5.95. The van der Waals surface area contributed by atoms with Gasteiger partial charge in [0.2, 0.25) is 0 Å². The Hall–Kier alpha value is -1.68. The summed E-state index contributed by atoms with van der Waals surface area (Å²) in [5.41, 5.74) is 4.78. The zero-order valence-electron chi connectivity index (χ0n) is 11.7. The van der Waals surface area contributed by atoms with Gasteiger partial charge in [-0.3, -0.25) is 5.10 Å². The van der Waals surface area contributed by atoms with E-state index in [1.807, 2.05) is 18.2 Å². The molecule has 2 aromatic rings. The van der Waals surface area contributed by atoms with Gasteiger partial charge >= 0.3 is 0 Å². The first-order chi connectivity index (χ1) is 9.33. The fraction of sp³-hybridized carbons (Fsp3) is 0.400. The van der Waals surface area contributed by atoms with Crippen molar-refractivity contribution in [2.75, 3.05) is 14.2 Å². The first-order valence-corrected chi connectivity index (χ1v) is 6.62. The molecule has 1 aliphatic carbocycles. The Bertz CT molecular complexity index is 596. The molecular weight excluding hydrogens is 276 g/mol. The lowest BCUT2D eigenvalue weighted by molar-refractivity contribution is 0.355. The molecule has 0 spiro atoms. The maximum atomic E-state index is 5.36. The third kappa shape index (κ3) is 2.48. The lowest BCUT2D eigenvalue weighted by Crippen LogP contribution is -2.01. The summed E-state index contributed by atoms with van der Waals surface area (Å²) in [5.74, 6) is 1.49. The van der Waals surface area contributed by atoms with Crippen molar-refractivity contribution in [1.29, 1.82) is 0 Å². The predicted octanol–water partition coefficient (Wildman–Crippen LogP) is 3.39. The van der Waals surface area contributed by atoms with E-state index in [9.17, 15) is 0 Å². The number of hydrogen-bond donors (Lipinski definition) is 1. The maximum absolute atomic E-state index is 5.36. The number of aromatic amines is 1. The van der Waals surface area contributed by atoms with Crippen molar-refractivity contribution < 1.29 is 9.47 Å². The van der Waals surface area contributed by atoms with Crippen LogP contribution < -0.4 is 9.47 Å². The van der Waals surface area contributed by atoms with Crippen molar-refractivity contribution in [1.82, 2.24) is 10.2 Å². The van der Waals surface area contributed by atoms with E-state index in [0.717, 1.165) is 35.6 Å². The zero-order valence-corrected chi connectivity index (χ0v) is 12.5. The Morgan fingerprint density at radius 1 is 1.05 bits per heavy atom. The molecule has 108 valence electrons. The number of nitrogens with zero attached hydrogens (tertiary/aromatic N) is 1. The second-order valence-corrected chi connectivity index (χ2v) is 4.81. The lowest BCUT2D eigenvalue weighted by Gasteiger charge is -2.12. The quantitative estimate of drug-likeness (QED) is 0.944. The number of hydrogen-bond acceptors (Lipinski definition) is 3. The first kappa shape index (κ1) is 14.7. The van der Waals surface area contributed by atoms with E-state index < -0.39 is 0 Å². The van der Waals surface area contributed by atoms with Crippen LogP contribution in [0.25, 0.3) is 11.3 Å². The van der Waals surface area contributed by atoms with E-state index >= 15 is 0 Å². The zero-order chi connectivity index (χ0) is 13.2. The molecule has 1 aromatic heterocycles. The second kappa shape index (κ2) is 6.18. The van der Waals surface area contributed by atoms with Crippen molar-refractivity contribution in [3.8, 4) is 22.8 Å². The molecule has 1 N–H and O–H groups in total. The number of halogens is 1. The topological polar surface area (TPSA) is 47.1 Å². The molecular formula is C15H19ClN2O2. The molecule has 4 nitrogen and oxygen atoms in total. The standard InChI is InChI=1S/C15H18N2O2.ClH/c1-18-13-8-7-10(9-14(13)19-2)15-11-5-3-4-6-12(11)16-17-15;/h7-9H,3-6H2,1-2H3,(H,16,17);1H. The third-order valence-electron chi connectivity index (χ3n) is 3.71. The Kier molecular flexibility index (Phi) is 4.55. The number of ether oxygens (including phenoxy) is 2. The van der Waals surface area contributed by atoms with Crippen molar-refractivity contribution in [3.05, 3.63) is 29.5 Å². The highest BCUT2D eigenvalue weighted by molar-refractivity contribution is 5.85. The molecule has 5 heteroatoms. The number of aryl methyl sites for hydroxylation is 1. The van der Waals surface area contributed by atoms with Gasteiger partial charge in [-0.15, -0.1) is 12.4 Å². The van der Waals surface area contributed by atoms with Crippen molar-refractivity contribution in [2.24, 2.45) is 0 Å². The van der Waals surface area contributed by atoms with Crippen molar-refractivity contribution >= 4 is 12.4 Å². The minimum absolute atomic E-state index is 0. The number of H-pyrrole nitrogens is 1. The first-order valence-electron chi connectivity index (χ1n) is 6.62. The number of nitrogens with one attached hydrogen (secondary N) is 1. The SMILES string of the molecule is COc1ccc(-c2n[nH]c3c2CCCC3)cc1OC.Cl. The van der Waals surface area contributed by atoms with Crippen LogP contribution in [0.4, 0.5) is 0 Å². The lowest BCUT2D eigenvalue weighted by atomic mass is 9.93. The molecule has 1 heterocycles. The number of fused-ring (bicyclic) bond motifs is 1. The summed E-state index contributed by atoms with van der Waals surface area (Å²) in [6.07, 6.45) is 4.71.